The summed E-state index contributed by atoms with van der Waals surface area (Å²) in [5.41, 5.74) is 0.539. The number of pyridine rings is 1. The zero-order valence-electron chi connectivity index (χ0n) is 14.5. The fourth-order valence-electron chi connectivity index (χ4n) is 2.43. The summed E-state index contributed by atoms with van der Waals surface area (Å²) in [6.07, 6.45) is 1.19. The lowest BCUT2D eigenvalue weighted by atomic mass is 10.1. The van der Waals surface area contributed by atoms with Crippen molar-refractivity contribution in [2.24, 2.45) is 0 Å². The number of fused-ring (bicyclic) bond motifs is 1. The van der Waals surface area contributed by atoms with Gasteiger partial charge in [-0.2, -0.15) is 5.10 Å². The molecule has 11 heteroatoms. The van der Waals surface area contributed by atoms with Crippen molar-refractivity contribution in [1.82, 2.24) is 24.9 Å². The van der Waals surface area contributed by atoms with Crippen LogP contribution in [0.25, 0.3) is 5.82 Å². The van der Waals surface area contributed by atoms with E-state index in [0.29, 0.717) is 18.7 Å². The molecular weight excluding hydrogens is 364 g/mol. The Morgan fingerprint density at radius 1 is 1.35 bits per heavy atom. The molecule has 0 fully saturated rings. The summed E-state index contributed by atoms with van der Waals surface area (Å²) in [5, 5.41) is 19.5. The Morgan fingerprint density at radius 2 is 2.04 bits per heavy atom. The Morgan fingerprint density at radius 3 is 2.65 bits per heavy atom. The topological polar surface area (TPSA) is 116 Å². The van der Waals surface area contributed by atoms with E-state index in [1.165, 1.54) is 10.9 Å². The summed E-state index contributed by atoms with van der Waals surface area (Å²) in [6, 6.07) is 1.19. The predicted molar refractivity (Wildman–Crippen MR) is 91.2 cm³/mol. The van der Waals surface area contributed by atoms with Crippen molar-refractivity contribution >= 4 is 23.4 Å². The SMILES string of the molecule is CC(C)(C)OC(=O)N1CCc2nn(-c3ncc([N+](=O)[O-])cc3Cl)nc2C1. The first-order chi connectivity index (χ1) is 12.1. The van der Waals surface area contributed by atoms with Crippen molar-refractivity contribution in [1.29, 1.82) is 0 Å². The highest BCUT2D eigenvalue weighted by molar-refractivity contribution is 6.32. The highest BCUT2D eigenvalue weighted by atomic mass is 35.5. The number of carbonyl (C=O) groups excluding carboxylic acids is 1. The number of nitro groups is 1. The third-order valence-corrected chi connectivity index (χ3v) is 3.86. The summed E-state index contributed by atoms with van der Waals surface area (Å²) in [4.78, 5) is 29.2. The minimum absolute atomic E-state index is 0.0653. The smallest absolute Gasteiger partial charge is 0.410 e. The van der Waals surface area contributed by atoms with Crippen LogP contribution < -0.4 is 0 Å². The van der Waals surface area contributed by atoms with Crippen molar-refractivity contribution in [2.75, 3.05) is 6.54 Å². The molecule has 2 aromatic heterocycles. The van der Waals surface area contributed by atoms with Gasteiger partial charge in [0, 0.05) is 19.0 Å². The Labute approximate surface area is 153 Å². The maximum absolute atomic E-state index is 12.2. The van der Waals surface area contributed by atoms with E-state index >= 15 is 0 Å². The van der Waals surface area contributed by atoms with E-state index in [9.17, 15) is 14.9 Å². The van der Waals surface area contributed by atoms with Crippen molar-refractivity contribution in [2.45, 2.75) is 39.3 Å². The number of amides is 1. The van der Waals surface area contributed by atoms with Crippen LogP contribution in [-0.2, 0) is 17.7 Å². The molecule has 1 amide bonds. The molecule has 2 aromatic rings. The molecule has 0 unspecified atom stereocenters. The molecule has 0 N–H and O–H groups in total. The molecule has 0 spiro atoms. The van der Waals surface area contributed by atoms with Crippen molar-refractivity contribution in [3.05, 3.63) is 38.8 Å². The maximum Gasteiger partial charge on any atom is 0.410 e. The van der Waals surface area contributed by atoms with E-state index in [1.807, 2.05) is 0 Å². The minimum atomic E-state index is -0.580. The Balaban J connectivity index is 1.82. The summed E-state index contributed by atoms with van der Waals surface area (Å²) >= 11 is 6.07. The van der Waals surface area contributed by atoms with Gasteiger partial charge in [-0.3, -0.25) is 10.1 Å². The molecular formula is C15H17ClN6O4. The van der Waals surface area contributed by atoms with Gasteiger partial charge in [0.2, 0.25) is 0 Å². The van der Waals surface area contributed by atoms with Crippen LogP contribution in [0, 0.1) is 10.1 Å². The molecule has 0 aromatic carbocycles. The zero-order chi connectivity index (χ0) is 19.1. The Hall–Kier alpha value is -2.75. The number of aromatic nitrogens is 4. The second-order valence-corrected chi connectivity index (χ2v) is 7.20. The molecule has 0 saturated carbocycles. The van der Waals surface area contributed by atoms with Crippen LogP contribution in [0.1, 0.15) is 32.2 Å². The molecule has 138 valence electrons. The van der Waals surface area contributed by atoms with Gasteiger partial charge in [0.05, 0.1) is 22.2 Å². The summed E-state index contributed by atoms with van der Waals surface area (Å²) < 4.78 is 5.37. The number of ether oxygens (including phenoxy) is 1. The molecule has 0 atom stereocenters. The Kier molecular flexibility index (Phi) is 4.53. The van der Waals surface area contributed by atoms with Crippen LogP contribution >= 0.6 is 11.6 Å². The molecule has 10 nitrogen and oxygen atoms in total. The van der Waals surface area contributed by atoms with Gasteiger partial charge in [0.25, 0.3) is 5.69 Å². The van der Waals surface area contributed by atoms with Crippen LogP contribution in [0.3, 0.4) is 0 Å². The summed E-state index contributed by atoms with van der Waals surface area (Å²) in [5.74, 6) is 0.190. The molecule has 26 heavy (non-hydrogen) atoms. The molecule has 0 saturated heterocycles. The average molecular weight is 381 g/mol. The van der Waals surface area contributed by atoms with Crippen molar-refractivity contribution in [3.63, 3.8) is 0 Å². The maximum atomic E-state index is 12.2. The Bertz CT molecular complexity index is 876. The number of hydrogen-bond donors (Lipinski definition) is 0. The van der Waals surface area contributed by atoms with Gasteiger partial charge in [-0.15, -0.1) is 9.90 Å². The van der Waals surface area contributed by atoms with Gasteiger partial charge in [-0.05, 0) is 20.8 Å². The van der Waals surface area contributed by atoms with Crippen molar-refractivity contribution in [3.8, 4) is 5.82 Å². The fraction of sp³-hybridized carbons (Fsp3) is 0.467. The number of carbonyl (C=O) groups is 1. The minimum Gasteiger partial charge on any atom is -0.444 e. The van der Waals surface area contributed by atoms with E-state index in [1.54, 1.807) is 25.7 Å². The highest BCUT2D eigenvalue weighted by Gasteiger charge is 2.29. The first-order valence-electron chi connectivity index (χ1n) is 7.87. The molecule has 0 bridgehead atoms. The van der Waals surface area contributed by atoms with Crippen LogP contribution in [0.5, 0.6) is 0 Å². The summed E-state index contributed by atoms with van der Waals surface area (Å²) in [7, 11) is 0. The number of nitrogens with zero attached hydrogens (tertiary/aromatic N) is 6. The monoisotopic (exact) mass is 380 g/mol. The van der Waals surface area contributed by atoms with Crippen LogP contribution in [0.15, 0.2) is 12.3 Å². The first-order valence-corrected chi connectivity index (χ1v) is 8.25. The molecule has 0 radical (unpaired) electrons. The molecule has 0 aliphatic carbocycles. The molecule has 1 aliphatic heterocycles. The van der Waals surface area contributed by atoms with Gasteiger partial charge < -0.3 is 9.64 Å². The van der Waals surface area contributed by atoms with E-state index < -0.39 is 16.6 Å². The quantitative estimate of drug-likeness (QED) is 0.580. The van der Waals surface area contributed by atoms with E-state index in [0.717, 1.165) is 11.9 Å². The van der Waals surface area contributed by atoms with E-state index in [2.05, 4.69) is 15.2 Å². The van der Waals surface area contributed by atoms with E-state index in [4.69, 9.17) is 16.3 Å². The number of halogens is 1. The van der Waals surface area contributed by atoms with Gasteiger partial charge >= 0.3 is 6.09 Å². The second-order valence-electron chi connectivity index (χ2n) is 6.79. The first kappa shape index (κ1) is 18.1. The standard InChI is InChI=1S/C15H17ClN6O4/c1-15(2,3)26-14(23)20-5-4-11-12(8-20)19-21(18-11)13-10(16)6-9(7-17-13)22(24)25/h6-7H,4-5,8H2,1-3H3. The van der Waals surface area contributed by atoms with E-state index in [-0.39, 0.29) is 23.1 Å². The second kappa shape index (κ2) is 6.52. The van der Waals surface area contributed by atoms with Crippen LogP contribution in [0.2, 0.25) is 5.02 Å². The lowest BCUT2D eigenvalue weighted by molar-refractivity contribution is -0.385. The normalized spacial score (nSPS) is 14.1. The predicted octanol–water partition coefficient (Wildman–Crippen LogP) is 2.52. The zero-order valence-corrected chi connectivity index (χ0v) is 15.2. The van der Waals surface area contributed by atoms with Crippen LogP contribution in [0.4, 0.5) is 10.5 Å². The molecule has 1 aliphatic rings. The lowest BCUT2D eigenvalue weighted by Gasteiger charge is -2.28. The van der Waals surface area contributed by atoms with Crippen LogP contribution in [-0.4, -0.2) is 48.0 Å². The third kappa shape index (κ3) is 3.74. The average Bonchev–Trinajstić information content (AvgIpc) is 2.95. The van der Waals surface area contributed by atoms with Gasteiger partial charge in [0.1, 0.15) is 17.5 Å². The number of hydrogen-bond acceptors (Lipinski definition) is 7. The molecule has 3 heterocycles. The summed E-state index contributed by atoms with van der Waals surface area (Å²) in [6.45, 7) is 6.13. The highest BCUT2D eigenvalue weighted by Crippen LogP contribution is 2.24. The fourth-order valence-corrected chi connectivity index (χ4v) is 2.67. The lowest BCUT2D eigenvalue weighted by Crippen LogP contribution is -2.39. The van der Waals surface area contributed by atoms with Gasteiger partial charge in [-0.25, -0.2) is 9.78 Å². The van der Waals surface area contributed by atoms with Gasteiger partial charge in [0.15, 0.2) is 5.82 Å². The molecule has 3 rings (SSSR count). The third-order valence-electron chi connectivity index (χ3n) is 3.58. The largest absolute Gasteiger partial charge is 0.444 e. The number of rotatable bonds is 2. The van der Waals surface area contributed by atoms with Gasteiger partial charge in [-0.1, -0.05) is 11.6 Å². The van der Waals surface area contributed by atoms with Crippen molar-refractivity contribution < 1.29 is 14.5 Å².